The maximum Gasteiger partial charge on any atom is 0.179 e. The third-order valence-corrected chi connectivity index (χ3v) is 1.72. The first-order valence-corrected chi connectivity index (χ1v) is 5.72. The summed E-state index contributed by atoms with van der Waals surface area (Å²) in [7, 11) is 0. The van der Waals surface area contributed by atoms with Crippen molar-refractivity contribution in [1.29, 1.82) is 0 Å². The van der Waals surface area contributed by atoms with Crippen molar-refractivity contribution in [2.24, 2.45) is 0 Å². The van der Waals surface area contributed by atoms with Crippen LogP contribution in [0.5, 0.6) is 0 Å². The highest BCUT2D eigenvalue weighted by molar-refractivity contribution is 5.92. The van der Waals surface area contributed by atoms with Crippen molar-refractivity contribution in [3.05, 3.63) is 36.3 Å². The number of carbonyl (C=O) groups excluding carboxylic acids is 1. The number of fused-ring (bicyclic) bond motifs is 1. The zero-order chi connectivity index (χ0) is 12.6. The van der Waals surface area contributed by atoms with Crippen LogP contribution in [0.25, 0.3) is 5.65 Å². The highest BCUT2D eigenvalue weighted by atomic mass is 16.1. The fourth-order valence-corrected chi connectivity index (χ4v) is 1.10. The van der Waals surface area contributed by atoms with Crippen LogP contribution in [0.1, 0.15) is 45.1 Å². The Kier molecular flexibility index (Phi) is 6.84. The number of ketones is 1. The molecule has 2 aromatic rings. The topological polar surface area (TPSA) is 34.4 Å². The van der Waals surface area contributed by atoms with E-state index in [2.05, 4.69) is 4.98 Å². The lowest BCUT2D eigenvalue weighted by atomic mass is 10.3. The van der Waals surface area contributed by atoms with E-state index in [-0.39, 0.29) is 5.78 Å². The molecule has 0 aliphatic rings. The first kappa shape index (κ1) is 14.4. The summed E-state index contributed by atoms with van der Waals surface area (Å²) in [5.74, 6) is -0.00120. The van der Waals surface area contributed by atoms with Crippen LogP contribution in [0, 0.1) is 0 Å². The van der Waals surface area contributed by atoms with E-state index >= 15 is 0 Å². The van der Waals surface area contributed by atoms with Gasteiger partial charge < -0.3 is 4.40 Å². The van der Waals surface area contributed by atoms with Crippen molar-refractivity contribution in [1.82, 2.24) is 9.38 Å². The Morgan fingerprint density at radius 1 is 1.19 bits per heavy atom. The number of Topliss-reactive ketones (excluding diaryl/α,β-unsaturated/α-hetero) is 1. The number of pyridine rings is 1. The molecule has 0 atom stereocenters. The fourth-order valence-electron chi connectivity index (χ4n) is 1.10. The SMILES string of the molecule is CC.CC.CC(=O)c1cn2ccccc2n1. The van der Waals surface area contributed by atoms with Gasteiger partial charge in [0, 0.05) is 19.3 Å². The smallest absolute Gasteiger partial charge is 0.179 e. The number of hydrogen-bond acceptors (Lipinski definition) is 2. The molecule has 3 nitrogen and oxygen atoms in total. The first-order valence-electron chi connectivity index (χ1n) is 5.72. The molecule has 3 heteroatoms. The Balaban J connectivity index is 0.000000509. The van der Waals surface area contributed by atoms with Crippen LogP contribution in [0.15, 0.2) is 30.6 Å². The summed E-state index contributed by atoms with van der Waals surface area (Å²) in [5.41, 5.74) is 1.32. The summed E-state index contributed by atoms with van der Waals surface area (Å²) in [6.07, 6.45) is 3.60. The van der Waals surface area contributed by atoms with E-state index in [1.807, 2.05) is 56.5 Å². The number of nitrogens with zero attached hydrogens (tertiary/aromatic N) is 2. The molecule has 0 saturated carbocycles. The third kappa shape index (κ3) is 3.50. The molecule has 0 aliphatic carbocycles. The molecule has 0 aliphatic heterocycles. The average Bonchev–Trinajstić information content (AvgIpc) is 2.78. The van der Waals surface area contributed by atoms with Crippen LogP contribution >= 0.6 is 0 Å². The lowest BCUT2D eigenvalue weighted by molar-refractivity contribution is 0.101. The Morgan fingerprint density at radius 2 is 1.81 bits per heavy atom. The van der Waals surface area contributed by atoms with Gasteiger partial charge in [0.2, 0.25) is 0 Å². The van der Waals surface area contributed by atoms with Gasteiger partial charge in [-0.1, -0.05) is 33.8 Å². The van der Waals surface area contributed by atoms with Crippen LogP contribution in [0.3, 0.4) is 0 Å². The lowest BCUT2D eigenvalue weighted by Gasteiger charge is -1.86. The largest absolute Gasteiger partial charge is 0.306 e. The molecule has 0 unspecified atom stereocenters. The van der Waals surface area contributed by atoms with Gasteiger partial charge in [0.05, 0.1) is 0 Å². The molecule has 0 N–H and O–H groups in total. The van der Waals surface area contributed by atoms with Crippen molar-refractivity contribution < 1.29 is 4.79 Å². The molecule has 0 amide bonds. The highest BCUT2D eigenvalue weighted by Gasteiger charge is 2.03. The van der Waals surface area contributed by atoms with E-state index in [0.29, 0.717) is 5.69 Å². The molecular formula is C13H20N2O. The maximum absolute atomic E-state index is 10.9. The minimum Gasteiger partial charge on any atom is -0.306 e. The average molecular weight is 220 g/mol. The van der Waals surface area contributed by atoms with Gasteiger partial charge in [0.1, 0.15) is 11.3 Å². The summed E-state index contributed by atoms with van der Waals surface area (Å²) in [5, 5.41) is 0. The normalized spacial score (nSPS) is 8.56. The molecule has 0 fully saturated rings. The summed E-state index contributed by atoms with van der Waals surface area (Å²) >= 11 is 0. The predicted molar refractivity (Wildman–Crippen MR) is 67.9 cm³/mol. The minimum absolute atomic E-state index is 0.00120. The lowest BCUT2D eigenvalue weighted by Crippen LogP contribution is -1.89. The van der Waals surface area contributed by atoms with Crippen molar-refractivity contribution in [3.63, 3.8) is 0 Å². The Morgan fingerprint density at radius 3 is 2.31 bits per heavy atom. The van der Waals surface area contributed by atoms with E-state index in [9.17, 15) is 4.79 Å². The van der Waals surface area contributed by atoms with Gasteiger partial charge >= 0.3 is 0 Å². The minimum atomic E-state index is -0.00120. The van der Waals surface area contributed by atoms with Gasteiger partial charge in [0.15, 0.2) is 5.78 Å². The number of imidazole rings is 1. The molecule has 0 aromatic carbocycles. The highest BCUT2D eigenvalue weighted by Crippen LogP contribution is 2.04. The van der Waals surface area contributed by atoms with Crippen molar-refractivity contribution >= 4 is 11.4 Å². The summed E-state index contributed by atoms with van der Waals surface area (Å²) < 4.78 is 1.83. The van der Waals surface area contributed by atoms with Crippen LogP contribution in [0.2, 0.25) is 0 Å². The van der Waals surface area contributed by atoms with Gasteiger partial charge in [-0.25, -0.2) is 4.98 Å². The first-order chi connectivity index (χ1) is 7.77. The van der Waals surface area contributed by atoms with Crippen LogP contribution in [-0.4, -0.2) is 15.2 Å². The second-order valence-corrected chi connectivity index (χ2v) is 2.65. The van der Waals surface area contributed by atoms with E-state index in [1.165, 1.54) is 6.92 Å². The molecule has 0 saturated heterocycles. The maximum atomic E-state index is 10.9. The fraction of sp³-hybridized carbons (Fsp3) is 0.385. The Bertz CT molecular complexity index is 399. The molecule has 0 radical (unpaired) electrons. The van der Waals surface area contributed by atoms with Gasteiger partial charge in [-0.05, 0) is 12.1 Å². The van der Waals surface area contributed by atoms with E-state index in [4.69, 9.17) is 0 Å². The zero-order valence-electron chi connectivity index (χ0n) is 10.7. The van der Waals surface area contributed by atoms with Crippen molar-refractivity contribution in [3.8, 4) is 0 Å². The quantitative estimate of drug-likeness (QED) is 0.688. The predicted octanol–water partition coefficient (Wildman–Crippen LogP) is 3.59. The molecule has 16 heavy (non-hydrogen) atoms. The summed E-state index contributed by atoms with van der Waals surface area (Å²) in [6, 6.07) is 5.66. The van der Waals surface area contributed by atoms with Gasteiger partial charge in [-0.3, -0.25) is 4.79 Å². The summed E-state index contributed by atoms with van der Waals surface area (Å²) in [6.45, 7) is 9.52. The standard InChI is InChI=1S/C9H8N2O.2C2H6/c1-7(12)8-6-11-5-3-2-4-9(11)10-8;2*1-2/h2-6H,1H3;2*1-2H3. The Hall–Kier alpha value is -1.64. The van der Waals surface area contributed by atoms with Crippen molar-refractivity contribution in [2.75, 3.05) is 0 Å². The molecule has 2 rings (SSSR count). The molecule has 2 heterocycles. The van der Waals surface area contributed by atoms with Crippen molar-refractivity contribution in [2.45, 2.75) is 34.6 Å². The van der Waals surface area contributed by atoms with E-state index in [1.54, 1.807) is 6.20 Å². The van der Waals surface area contributed by atoms with Gasteiger partial charge in [-0.15, -0.1) is 0 Å². The van der Waals surface area contributed by atoms with Gasteiger partial charge in [0.25, 0.3) is 0 Å². The molecule has 88 valence electrons. The number of rotatable bonds is 1. The van der Waals surface area contributed by atoms with Gasteiger partial charge in [-0.2, -0.15) is 0 Å². The number of carbonyl (C=O) groups is 1. The van der Waals surface area contributed by atoms with Crippen LogP contribution in [-0.2, 0) is 0 Å². The van der Waals surface area contributed by atoms with Crippen LogP contribution in [0.4, 0.5) is 0 Å². The zero-order valence-corrected chi connectivity index (χ0v) is 10.7. The summed E-state index contributed by atoms with van der Waals surface area (Å²) in [4.78, 5) is 15.1. The molecular weight excluding hydrogens is 200 g/mol. The molecule has 0 bridgehead atoms. The van der Waals surface area contributed by atoms with E-state index < -0.39 is 0 Å². The molecule has 0 spiro atoms. The molecule has 2 aromatic heterocycles. The Labute approximate surface area is 97.1 Å². The van der Waals surface area contributed by atoms with Crippen LogP contribution < -0.4 is 0 Å². The van der Waals surface area contributed by atoms with E-state index in [0.717, 1.165) is 5.65 Å². The second kappa shape index (κ2) is 7.63. The number of aromatic nitrogens is 2. The monoisotopic (exact) mass is 220 g/mol. The number of hydrogen-bond donors (Lipinski definition) is 0. The second-order valence-electron chi connectivity index (χ2n) is 2.65. The third-order valence-electron chi connectivity index (χ3n) is 1.72.